The van der Waals surface area contributed by atoms with Crippen molar-refractivity contribution in [3.8, 4) is 0 Å². The number of amides is 1. The monoisotopic (exact) mass is 341 g/mol. The number of thioether (sulfide) groups is 1. The van der Waals surface area contributed by atoms with Gasteiger partial charge in [0.15, 0.2) is 0 Å². The van der Waals surface area contributed by atoms with Crippen molar-refractivity contribution in [1.29, 1.82) is 0 Å². The molecule has 4 N–H and O–H groups in total. The summed E-state index contributed by atoms with van der Waals surface area (Å²) >= 11 is 1.31. The van der Waals surface area contributed by atoms with Crippen LogP contribution in [0.15, 0.2) is 24.3 Å². The van der Waals surface area contributed by atoms with Gasteiger partial charge in [-0.3, -0.25) is 14.8 Å². The molecule has 0 aliphatic rings. The maximum atomic E-state index is 11.3. The lowest BCUT2D eigenvalue weighted by Crippen LogP contribution is -2.21. The molecule has 126 valence electrons. The molecule has 0 saturated heterocycles. The van der Waals surface area contributed by atoms with Crippen LogP contribution in [0.5, 0.6) is 0 Å². The van der Waals surface area contributed by atoms with Crippen LogP contribution in [0, 0.1) is 5.92 Å². The van der Waals surface area contributed by atoms with E-state index in [1.165, 1.54) is 29.4 Å². The van der Waals surface area contributed by atoms with Crippen molar-refractivity contribution in [3.63, 3.8) is 0 Å². The van der Waals surface area contributed by atoms with E-state index < -0.39 is 23.8 Å². The number of aliphatic carboxylic acids is 1. The van der Waals surface area contributed by atoms with Crippen molar-refractivity contribution in [2.75, 3.05) is 11.5 Å². The Labute approximate surface area is 137 Å². The lowest BCUT2D eigenvalue weighted by molar-refractivity contribution is -0.142. The van der Waals surface area contributed by atoms with Crippen LogP contribution < -0.4 is 5.48 Å². The quantitative estimate of drug-likeness (QED) is 0.290. The van der Waals surface area contributed by atoms with Gasteiger partial charge < -0.3 is 10.2 Å². The number of benzene rings is 1. The van der Waals surface area contributed by atoms with Gasteiger partial charge >= 0.3 is 11.9 Å². The SMILES string of the molecule is O=C(CSCCCC(Cc1cccc(C(=O)O)c1)C(=O)O)NO. The first kappa shape index (κ1) is 19.0. The molecule has 0 aromatic heterocycles. The predicted octanol–water partition coefficient (Wildman–Crippen LogP) is 1.65. The molecule has 0 radical (unpaired) electrons. The molecule has 1 rings (SSSR count). The lowest BCUT2D eigenvalue weighted by atomic mass is 9.94. The molecule has 0 heterocycles. The number of nitrogens with one attached hydrogen (secondary N) is 1. The zero-order chi connectivity index (χ0) is 17.2. The summed E-state index contributed by atoms with van der Waals surface area (Å²) in [6, 6.07) is 6.26. The van der Waals surface area contributed by atoms with Crippen molar-refractivity contribution < 1.29 is 29.8 Å². The Morgan fingerprint density at radius 1 is 1.22 bits per heavy atom. The van der Waals surface area contributed by atoms with Crippen molar-refractivity contribution in [3.05, 3.63) is 35.4 Å². The second-order valence-electron chi connectivity index (χ2n) is 4.97. The number of hydrogen-bond acceptors (Lipinski definition) is 5. The van der Waals surface area contributed by atoms with Crippen LogP contribution in [0.1, 0.15) is 28.8 Å². The number of carbonyl (C=O) groups excluding carboxylic acids is 1. The average molecular weight is 341 g/mol. The van der Waals surface area contributed by atoms with E-state index in [0.717, 1.165) is 0 Å². The number of rotatable bonds is 10. The minimum absolute atomic E-state index is 0.120. The summed E-state index contributed by atoms with van der Waals surface area (Å²) in [5.41, 5.74) is 2.34. The van der Waals surface area contributed by atoms with E-state index in [1.807, 2.05) is 0 Å². The van der Waals surface area contributed by atoms with E-state index in [9.17, 15) is 19.5 Å². The molecule has 1 aromatic carbocycles. The molecule has 7 nitrogen and oxygen atoms in total. The molecule has 0 aliphatic carbocycles. The van der Waals surface area contributed by atoms with Crippen LogP contribution >= 0.6 is 11.8 Å². The maximum absolute atomic E-state index is 11.3. The van der Waals surface area contributed by atoms with Gasteiger partial charge in [0.2, 0.25) is 0 Å². The summed E-state index contributed by atoms with van der Waals surface area (Å²) in [6.07, 6.45) is 1.30. The van der Waals surface area contributed by atoms with Gasteiger partial charge in [-0.2, -0.15) is 11.8 Å². The van der Waals surface area contributed by atoms with Gasteiger partial charge in [0.1, 0.15) is 0 Å². The van der Waals surface area contributed by atoms with Crippen LogP contribution in [-0.2, 0) is 16.0 Å². The van der Waals surface area contributed by atoms with Gasteiger partial charge in [-0.1, -0.05) is 12.1 Å². The number of hydroxylamine groups is 1. The largest absolute Gasteiger partial charge is 0.481 e. The molecule has 1 amide bonds. The standard InChI is InChI=1S/C15H19NO6S/c17-13(16-22)9-23-6-2-5-12(15(20)21)8-10-3-1-4-11(7-10)14(18)19/h1,3-4,7,12,22H,2,5-6,8-9H2,(H,16,17)(H,18,19)(H,20,21). The van der Waals surface area contributed by atoms with E-state index in [-0.39, 0.29) is 17.7 Å². The minimum atomic E-state index is -1.04. The summed E-state index contributed by atoms with van der Waals surface area (Å²) in [5.74, 6) is -2.34. The molecule has 23 heavy (non-hydrogen) atoms. The Hall–Kier alpha value is -2.06. The number of hydrogen-bond donors (Lipinski definition) is 4. The van der Waals surface area contributed by atoms with Gasteiger partial charge in [-0.05, 0) is 42.7 Å². The normalized spacial score (nSPS) is 11.7. The number of carboxylic acids is 2. The fraction of sp³-hybridized carbons (Fsp3) is 0.400. The molecular weight excluding hydrogens is 322 g/mol. The Balaban J connectivity index is 2.49. The molecule has 0 aliphatic heterocycles. The van der Waals surface area contributed by atoms with E-state index in [4.69, 9.17) is 10.3 Å². The summed E-state index contributed by atoms with van der Waals surface area (Å²) in [6.45, 7) is 0. The van der Waals surface area contributed by atoms with Gasteiger partial charge in [0, 0.05) is 0 Å². The fourth-order valence-corrected chi connectivity index (χ4v) is 2.82. The third-order valence-corrected chi connectivity index (χ3v) is 4.25. The lowest BCUT2D eigenvalue weighted by Gasteiger charge is -2.12. The highest BCUT2D eigenvalue weighted by Gasteiger charge is 2.18. The van der Waals surface area contributed by atoms with E-state index in [1.54, 1.807) is 12.1 Å². The van der Waals surface area contributed by atoms with Crippen molar-refractivity contribution >= 4 is 29.6 Å². The van der Waals surface area contributed by atoms with Crippen LogP contribution in [0.25, 0.3) is 0 Å². The molecular formula is C15H19NO6S. The molecule has 1 aromatic rings. The van der Waals surface area contributed by atoms with Crippen LogP contribution in [0.4, 0.5) is 0 Å². The van der Waals surface area contributed by atoms with E-state index in [0.29, 0.717) is 24.2 Å². The van der Waals surface area contributed by atoms with Crippen molar-refractivity contribution in [2.45, 2.75) is 19.3 Å². The van der Waals surface area contributed by atoms with Gasteiger partial charge in [0.25, 0.3) is 5.91 Å². The van der Waals surface area contributed by atoms with Crippen LogP contribution in [-0.4, -0.2) is 44.8 Å². The van der Waals surface area contributed by atoms with Gasteiger partial charge in [0.05, 0.1) is 17.2 Å². The first-order chi connectivity index (χ1) is 10.9. The Kier molecular flexibility index (Phi) is 8.14. The van der Waals surface area contributed by atoms with Gasteiger partial charge in [-0.15, -0.1) is 0 Å². The van der Waals surface area contributed by atoms with E-state index in [2.05, 4.69) is 0 Å². The summed E-state index contributed by atoms with van der Waals surface area (Å²) < 4.78 is 0. The second-order valence-corrected chi connectivity index (χ2v) is 6.08. The van der Waals surface area contributed by atoms with Gasteiger partial charge in [-0.25, -0.2) is 10.3 Å². The molecule has 0 bridgehead atoms. The predicted molar refractivity (Wildman–Crippen MR) is 84.7 cm³/mol. The van der Waals surface area contributed by atoms with Crippen molar-refractivity contribution in [2.24, 2.45) is 5.92 Å². The highest BCUT2D eigenvalue weighted by molar-refractivity contribution is 7.99. The number of carboxylic acid groups (broad SMARTS) is 2. The maximum Gasteiger partial charge on any atom is 0.335 e. The zero-order valence-corrected chi connectivity index (χ0v) is 13.2. The first-order valence-electron chi connectivity index (χ1n) is 6.99. The molecule has 8 heteroatoms. The van der Waals surface area contributed by atoms with E-state index >= 15 is 0 Å². The first-order valence-corrected chi connectivity index (χ1v) is 8.15. The van der Waals surface area contributed by atoms with Crippen LogP contribution in [0.2, 0.25) is 0 Å². The molecule has 0 fully saturated rings. The fourth-order valence-electron chi connectivity index (χ4n) is 2.06. The highest BCUT2D eigenvalue weighted by atomic mass is 32.2. The Bertz CT molecular complexity index is 563. The molecule has 0 spiro atoms. The smallest absolute Gasteiger partial charge is 0.335 e. The third kappa shape index (κ3) is 7.16. The Morgan fingerprint density at radius 2 is 1.96 bits per heavy atom. The van der Waals surface area contributed by atoms with Crippen LogP contribution in [0.3, 0.4) is 0 Å². The number of carbonyl (C=O) groups is 3. The number of aromatic carboxylic acids is 1. The molecule has 1 atom stereocenters. The second kappa shape index (κ2) is 9.86. The summed E-state index contributed by atoms with van der Waals surface area (Å²) in [5, 5.41) is 26.6. The third-order valence-electron chi connectivity index (χ3n) is 3.20. The summed E-state index contributed by atoms with van der Waals surface area (Å²) in [7, 11) is 0. The zero-order valence-electron chi connectivity index (χ0n) is 12.4. The van der Waals surface area contributed by atoms with Crippen molar-refractivity contribution in [1.82, 2.24) is 5.48 Å². The Morgan fingerprint density at radius 3 is 2.57 bits per heavy atom. The average Bonchev–Trinajstić information content (AvgIpc) is 2.53. The summed E-state index contributed by atoms with van der Waals surface area (Å²) in [4.78, 5) is 33.1. The molecule has 0 saturated carbocycles. The topological polar surface area (TPSA) is 124 Å². The molecule has 1 unspecified atom stereocenters. The minimum Gasteiger partial charge on any atom is -0.481 e. The highest BCUT2D eigenvalue weighted by Crippen LogP contribution is 2.18.